The number of hydrogen-bond donors (Lipinski definition) is 0. The minimum Gasteiger partial charge on any atom is -0.268 e. The quantitative estimate of drug-likeness (QED) is 0.786. The van der Waals surface area contributed by atoms with Crippen LogP contribution in [0.2, 0.25) is 0 Å². The van der Waals surface area contributed by atoms with E-state index in [1.54, 1.807) is 18.2 Å². The number of carbonyl (C=O) groups is 2. The van der Waals surface area contributed by atoms with Crippen molar-refractivity contribution < 1.29 is 14.0 Å². The van der Waals surface area contributed by atoms with Crippen molar-refractivity contribution in [1.29, 1.82) is 0 Å². The minimum absolute atomic E-state index is 0.222. The van der Waals surface area contributed by atoms with Crippen molar-refractivity contribution in [2.24, 2.45) is 0 Å². The Morgan fingerprint density at radius 3 is 2.48 bits per heavy atom. The van der Waals surface area contributed by atoms with Gasteiger partial charge in [0.25, 0.3) is 11.1 Å². The van der Waals surface area contributed by atoms with Crippen LogP contribution in [0, 0.1) is 12.7 Å². The summed E-state index contributed by atoms with van der Waals surface area (Å²) in [6.07, 6.45) is 1.43. The molecule has 3 nitrogen and oxygen atoms in total. The molecule has 1 aliphatic heterocycles. The molecule has 0 radical (unpaired) electrons. The van der Waals surface area contributed by atoms with Crippen LogP contribution in [0.1, 0.15) is 16.7 Å². The Kier molecular flexibility index (Phi) is 4.30. The van der Waals surface area contributed by atoms with Gasteiger partial charge in [-0.25, -0.2) is 4.39 Å². The number of imide groups is 1. The SMILES string of the molecule is Cc1ccc(CN2C(=O)S/C(=C\c3ccccc3F)C2=O)cc1. The first-order chi connectivity index (χ1) is 11.0. The van der Waals surface area contributed by atoms with Crippen molar-refractivity contribution in [3.63, 3.8) is 0 Å². The molecule has 2 aromatic carbocycles. The van der Waals surface area contributed by atoms with E-state index in [1.807, 2.05) is 31.2 Å². The van der Waals surface area contributed by atoms with Gasteiger partial charge in [0, 0.05) is 5.56 Å². The Morgan fingerprint density at radius 1 is 1.09 bits per heavy atom. The molecule has 2 amide bonds. The largest absolute Gasteiger partial charge is 0.293 e. The first-order valence-electron chi connectivity index (χ1n) is 7.10. The molecule has 1 saturated heterocycles. The molecule has 1 aliphatic rings. The van der Waals surface area contributed by atoms with Crippen LogP contribution in [0.25, 0.3) is 6.08 Å². The zero-order chi connectivity index (χ0) is 16.4. The molecule has 116 valence electrons. The number of carbonyl (C=O) groups excluding carboxylic acids is 2. The van der Waals surface area contributed by atoms with Gasteiger partial charge in [0.1, 0.15) is 5.82 Å². The van der Waals surface area contributed by atoms with E-state index in [9.17, 15) is 14.0 Å². The summed E-state index contributed by atoms with van der Waals surface area (Å²) in [5, 5.41) is -0.335. The summed E-state index contributed by atoms with van der Waals surface area (Å²) in [4.78, 5) is 25.9. The molecule has 2 aromatic rings. The average molecular weight is 327 g/mol. The molecule has 0 aliphatic carbocycles. The molecule has 1 heterocycles. The van der Waals surface area contributed by atoms with Gasteiger partial charge in [0.15, 0.2) is 0 Å². The average Bonchev–Trinajstić information content (AvgIpc) is 2.79. The third kappa shape index (κ3) is 3.35. The fourth-order valence-corrected chi connectivity index (χ4v) is 3.07. The van der Waals surface area contributed by atoms with Crippen LogP contribution in [-0.2, 0) is 11.3 Å². The van der Waals surface area contributed by atoms with Gasteiger partial charge in [-0.05, 0) is 36.4 Å². The van der Waals surface area contributed by atoms with Crippen LogP contribution in [-0.4, -0.2) is 16.0 Å². The lowest BCUT2D eigenvalue weighted by molar-refractivity contribution is -0.123. The lowest BCUT2D eigenvalue weighted by Crippen LogP contribution is -2.27. The third-order valence-electron chi connectivity index (χ3n) is 3.53. The van der Waals surface area contributed by atoms with Crippen molar-refractivity contribution >= 4 is 29.0 Å². The van der Waals surface area contributed by atoms with Gasteiger partial charge < -0.3 is 0 Å². The lowest BCUT2D eigenvalue weighted by atomic mass is 10.1. The Hall–Kier alpha value is -2.40. The topological polar surface area (TPSA) is 37.4 Å². The second-order valence-electron chi connectivity index (χ2n) is 5.27. The minimum atomic E-state index is -0.419. The molecule has 0 bridgehead atoms. The van der Waals surface area contributed by atoms with E-state index in [-0.39, 0.29) is 22.6 Å². The van der Waals surface area contributed by atoms with Crippen LogP contribution < -0.4 is 0 Å². The summed E-state index contributed by atoms with van der Waals surface area (Å²) in [6, 6.07) is 13.8. The van der Waals surface area contributed by atoms with Gasteiger partial charge in [-0.2, -0.15) is 0 Å². The number of hydrogen-bond acceptors (Lipinski definition) is 3. The number of benzene rings is 2. The van der Waals surface area contributed by atoms with Gasteiger partial charge in [-0.15, -0.1) is 0 Å². The number of rotatable bonds is 3. The van der Waals surface area contributed by atoms with Gasteiger partial charge in [0.05, 0.1) is 11.4 Å². The van der Waals surface area contributed by atoms with Crippen LogP contribution in [0.3, 0.4) is 0 Å². The Morgan fingerprint density at radius 2 is 1.78 bits per heavy atom. The molecule has 0 aromatic heterocycles. The number of amides is 2. The molecule has 0 saturated carbocycles. The highest BCUT2D eigenvalue weighted by molar-refractivity contribution is 8.18. The van der Waals surface area contributed by atoms with E-state index in [0.29, 0.717) is 5.56 Å². The molecule has 0 spiro atoms. The van der Waals surface area contributed by atoms with Crippen LogP contribution in [0.4, 0.5) is 9.18 Å². The van der Waals surface area contributed by atoms with Gasteiger partial charge in [0.2, 0.25) is 0 Å². The number of aryl methyl sites for hydroxylation is 1. The monoisotopic (exact) mass is 327 g/mol. The number of nitrogens with zero attached hydrogens (tertiary/aromatic N) is 1. The summed E-state index contributed by atoms with van der Waals surface area (Å²) in [6.45, 7) is 2.20. The van der Waals surface area contributed by atoms with Gasteiger partial charge in [-0.1, -0.05) is 48.0 Å². The smallest absolute Gasteiger partial charge is 0.268 e. The van der Waals surface area contributed by atoms with E-state index in [2.05, 4.69) is 0 Å². The summed E-state index contributed by atoms with van der Waals surface area (Å²) in [5.74, 6) is -0.804. The van der Waals surface area contributed by atoms with Gasteiger partial charge >= 0.3 is 0 Å². The second-order valence-corrected chi connectivity index (χ2v) is 6.27. The van der Waals surface area contributed by atoms with Crippen molar-refractivity contribution in [2.75, 3.05) is 0 Å². The zero-order valence-electron chi connectivity index (χ0n) is 12.5. The van der Waals surface area contributed by atoms with Gasteiger partial charge in [-0.3, -0.25) is 14.5 Å². The van der Waals surface area contributed by atoms with E-state index in [4.69, 9.17) is 0 Å². The van der Waals surface area contributed by atoms with E-state index in [1.165, 1.54) is 17.0 Å². The van der Waals surface area contributed by atoms with E-state index in [0.717, 1.165) is 22.9 Å². The fourth-order valence-electron chi connectivity index (χ4n) is 2.25. The molecular formula is C18H14FNO2S. The third-order valence-corrected chi connectivity index (χ3v) is 4.43. The lowest BCUT2D eigenvalue weighted by Gasteiger charge is -2.12. The normalized spacial score (nSPS) is 16.4. The Balaban J connectivity index is 1.82. The van der Waals surface area contributed by atoms with E-state index >= 15 is 0 Å². The summed E-state index contributed by atoms with van der Waals surface area (Å²) in [7, 11) is 0. The second kappa shape index (κ2) is 6.38. The summed E-state index contributed by atoms with van der Waals surface area (Å²) in [5.41, 5.74) is 2.29. The molecule has 0 N–H and O–H groups in total. The highest BCUT2D eigenvalue weighted by Crippen LogP contribution is 2.33. The van der Waals surface area contributed by atoms with Crippen molar-refractivity contribution in [3.8, 4) is 0 Å². The number of thioether (sulfide) groups is 1. The maximum Gasteiger partial charge on any atom is 0.293 e. The van der Waals surface area contributed by atoms with E-state index < -0.39 is 5.82 Å². The van der Waals surface area contributed by atoms with Crippen molar-refractivity contribution in [3.05, 3.63) is 75.9 Å². The first kappa shape index (κ1) is 15.5. The molecule has 23 heavy (non-hydrogen) atoms. The first-order valence-corrected chi connectivity index (χ1v) is 7.92. The van der Waals surface area contributed by atoms with Crippen LogP contribution >= 0.6 is 11.8 Å². The summed E-state index contributed by atoms with van der Waals surface area (Å²) < 4.78 is 13.7. The molecule has 1 fully saturated rings. The Bertz CT molecular complexity index is 799. The molecule has 5 heteroatoms. The molecule has 0 unspecified atom stereocenters. The predicted molar refractivity (Wildman–Crippen MR) is 89.1 cm³/mol. The predicted octanol–water partition coefficient (Wildman–Crippen LogP) is 4.37. The van der Waals surface area contributed by atoms with Crippen LogP contribution in [0.15, 0.2) is 53.4 Å². The maximum absolute atomic E-state index is 13.7. The maximum atomic E-state index is 13.7. The number of halogens is 1. The van der Waals surface area contributed by atoms with Crippen LogP contribution in [0.5, 0.6) is 0 Å². The molecular weight excluding hydrogens is 313 g/mol. The molecule has 3 rings (SSSR count). The van der Waals surface area contributed by atoms with Crippen molar-refractivity contribution in [2.45, 2.75) is 13.5 Å². The molecule has 0 atom stereocenters. The Labute approximate surface area is 137 Å². The summed E-state index contributed by atoms with van der Waals surface area (Å²) >= 11 is 0.840. The highest BCUT2D eigenvalue weighted by atomic mass is 32.2. The fraction of sp³-hybridized carbons (Fsp3) is 0.111. The van der Waals surface area contributed by atoms with Crippen molar-refractivity contribution in [1.82, 2.24) is 4.90 Å². The zero-order valence-corrected chi connectivity index (χ0v) is 13.3. The standard InChI is InChI=1S/C18H14FNO2S/c1-12-6-8-13(9-7-12)11-20-17(21)16(23-18(20)22)10-14-4-2-3-5-15(14)19/h2-10H,11H2,1H3/b16-10-. The highest BCUT2D eigenvalue weighted by Gasteiger charge is 2.35.